The summed E-state index contributed by atoms with van der Waals surface area (Å²) in [5.41, 5.74) is 4.05. The molecule has 0 aliphatic heterocycles. The fourth-order valence-electron chi connectivity index (χ4n) is 4.71. The molecule has 0 saturated heterocycles. The van der Waals surface area contributed by atoms with Crippen molar-refractivity contribution in [2.24, 2.45) is 17.3 Å². The van der Waals surface area contributed by atoms with Gasteiger partial charge in [0.1, 0.15) is 5.76 Å². The lowest BCUT2D eigenvalue weighted by molar-refractivity contribution is 0.119. The Morgan fingerprint density at radius 3 is 2.75 bits per heavy atom. The maximum atomic E-state index is 10.2. The maximum absolute atomic E-state index is 10.2. The van der Waals surface area contributed by atoms with Crippen LogP contribution in [0.5, 0.6) is 0 Å². The van der Waals surface area contributed by atoms with Gasteiger partial charge in [0.05, 0.1) is 6.10 Å². The highest BCUT2D eigenvalue weighted by molar-refractivity contribution is 5.54. The molecule has 2 nitrogen and oxygen atoms in total. The van der Waals surface area contributed by atoms with E-state index in [0.29, 0.717) is 17.6 Å². The van der Waals surface area contributed by atoms with Crippen LogP contribution in [-0.4, -0.2) is 16.3 Å². The fourth-order valence-corrected chi connectivity index (χ4v) is 4.71. The number of rotatable bonds is 0. The molecule has 0 aromatic rings. The van der Waals surface area contributed by atoms with Gasteiger partial charge in [0, 0.05) is 5.41 Å². The van der Waals surface area contributed by atoms with Gasteiger partial charge in [-0.15, -0.1) is 0 Å². The lowest BCUT2D eigenvalue weighted by Crippen LogP contribution is -2.36. The van der Waals surface area contributed by atoms with Crippen molar-refractivity contribution in [3.8, 4) is 0 Å². The van der Waals surface area contributed by atoms with Crippen molar-refractivity contribution < 1.29 is 10.2 Å². The molecular weight excluding hydrogens is 248 g/mol. The van der Waals surface area contributed by atoms with E-state index in [1.165, 1.54) is 16.7 Å². The molecule has 0 aromatic carbocycles. The monoisotopic (exact) mass is 270 g/mol. The van der Waals surface area contributed by atoms with Gasteiger partial charge in [-0.3, -0.25) is 0 Å². The topological polar surface area (TPSA) is 40.5 Å². The van der Waals surface area contributed by atoms with Crippen LogP contribution in [0.1, 0.15) is 39.0 Å². The lowest BCUT2D eigenvalue weighted by atomic mass is 9.59. The second-order valence-electron chi connectivity index (χ2n) is 7.01. The van der Waals surface area contributed by atoms with E-state index in [0.717, 1.165) is 32.1 Å². The molecule has 20 heavy (non-hydrogen) atoms. The SMILES string of the molecule is C[C@]12CC[C@H]3C(=CC=C4CC(O)CC[C@@H]43)C1=CC=C2O. The summed E-state index contributed by atoms with van der Waals surface area (Å²) in [7, 11) is 0. The van der Waals surface area contributed by atoms with E-state index in [2.05, 4.69) is 25.2 Å². The summed E-state index contributed by atoms with van der Waals surface area (Å²) >= 11 is 0. The van der Waals surface area contributed by atoms with Gasteiger partial charge in [-0.2, -0.15) is 0 Å². The normalized spacial score (nSPS) is 42.6. The third kappa shape index (κ3) is 1.54. The molecule has 0 bridgehead atoms. The average Bonchev–Trinajstić information content (AvgIpc) is 2.74. The standard InChI is InChI=1S/C18H22O2/c1-18-9-8-14-13-5-3-12(19)10-11(13)2-4-15(14)16(18)6-7-17(18)20/h2,4,6-7,12-14,19-20H,3,5,8-10H2,1H3/t12?,13-,14+,18-/m0/s1. The summed E-state index contributed by atoms with van der Waals surface area (Å²) in [6.45, 7) is 2.17. The molecule has 0 heterocycles. The molecule has 1 unspecified atom stereocenters. The highest BCUT2D eigenvalue weighted by atomic mass is 16.3. The molecule has 2 fully saturated rings. The first-order valence-electron chi connectivity index (χ1n) is 7.80. The van der Waals surface area contributed by atoms with Gasteiger partial charge in [-0.1, -0.05) is 23.8 Å². The Morgan fingerprint density at radius 2 is 1.90 bits per heavy atom. The van der Waals surface area contributed by atoms with Crippen LogP contribution < -0.4 is 0 Å². The summed E-state index contributed by atoms with van der Waals surface area (Å²) in [5.74, 6) is 1.74. The number of allylic oxidation sites excluding steroid dienone is 6. The largest absolute Gasteiger partial charge is 0.511 e. The lowest BCUT2D eigenvalue weighted by Gasteiger charge is -2.46. The zero-order valence-electron chi connectivity index (χ0n) is 12.0. The van der Waals surface area contributed by atoms with Gasteiger partial charge in [0.2, 0.25) is 0 Å². The Balaban J connectivity index is 1.73. The van der Waals surface area contributed by atoms with Crippen molar-refractivity contribution in [1.82, 2.24) is 0 Å². The van der Waals surface area contributed by atoms with E-state index < -0.39 is 0 Å². The molecule has 4 atom stereocenters. The quantitative estimate of drug-likeness (QED) is 0.702. The first kappa shape index (κ1) is 12.5. The van der Waals surface area contributed by atoms with Crippen LogP contribution in [-0.2, 0) is 0 Å². The van der Waals surface area contributed by atoms with Crippen LogP contribution in [0.2, 0.25) is 0 Å². The fraction of sp³-hybridized carbons (Fsp3) is 0.556. The minimum absolute atomic E-state index is 0.141. The van der Waals surface area contributed by atoms with Gasteiger partial charge < -0.3 is 10.2 Å². The Morgan fingerprint density at radius 1 is 1.05 bits per heavy atom. The Kier molecular flexibility index (Phi) is 2.56. The summed E-state index contributed by atoms with van der Waals surface area (Å²) in [6.07, 6.45) is 13.4. The van der Waals surface area contributed by atoms with Crippen molar-refractivity contribution in [3.63, 3.8) is 0 Å². The second-order valence-corrected chi connectivity index (χ2v) is 7.01. The highest BCUT2D eigenvalue weighted by Gasteiger charge is 2.47. The van der Waals surface area contributed by atoms with Gasteiger partial charge in [0.25, 0.3) is 0 Å². The summed E-state index contributed by atoms with van der Waals surface area (Å²) < 4.78 is 0. The van der Waals surface area contributed by atoms with Crippen LogP contribution in [0.15, 0.2) is 46.8 Å². The molecule has 0 amide bonds. The number of aliphatic hydroxyl groups excluding tert-OH is 2. The number of fused-ring (bicyclic) bond motifs is 5. The van der Waals surface area contributed by atoms with Crippen LogP contribution in [0, 0.1) is 17.3 Å². The second kappa shape index (κ2) is 4.11. The van der Waals surface area contributed by atoms with Crippen LogP contribution in [0.25, 0.3) is 0 Å². The first-order valence-corrected chi connectivity index (χ1v) is 7.80. The summed E-state index contributed by atoms with van der Waals surface area (Å²) in [5, 5.41) is 20.0. The molecule has 4 aliphatic rings. The molecule has 2 N–H and O–H groups in total. The van der Waals surface area contributed by atoms with Crippen LogP contribution in [0.3, 0.4) is 0 Å². The van der Waals surface area contributed by atoms with Crippen LogP contribution in [0.4, 0.5) is 0 Å². The van der Waals surface area contributed by atoms with E-state index in [-0.39, 0.29) is 11.5 Å². The maximum Gasteiger partial charge on any atom is 0.102 e. The zero-order chi connectivity index (χ0) is 13.9. The molecule has 4 rings (SSSR count). The molecule has 106 valence electrons. The Hall–Kier alpha value is -1.28. The molecular formula is C18H22O2. The molecule has 4 aliphatic carbocycles. The first-order chi connectivity index (χ1) is 9.59. The third-order valence-corrected chi connectivity index (χ3v) is 5.95. The molecule has 0 aromatic heterocycles. The minimum atomic E-state index is -0.151. The van der Waals surface area contributed by atoms with Crippen LogP contribution >= 0.6 is 0 Å². The van der Waals surface area contributed by atoms with Crippen molar-refractivity contribution in [2.45, 2.75) is 45.1 Å². The molecule has 2 saturated carbocycles. The van der Waals surface area contributed by atoms with Gasteiger partial charge in [-0.05, 0) is 68.1 Å². The Labute approximate surface area is 120 Å². The predicted octanol–water partition coefficient (Wildman–Crippen LogP) is 3.81. The number of aliphatic hydroxyl groups is 2. The molecule has 0 spiro atoms. The van der Waals surface area contributed by atoms with Crippen molar-refractivity contribution in [2.75, 3.05) is 0 Å². The predicted molar refractivity (Wildman–Crippen MR) is 79.1 cm³/mol. The number of hydrogen-bond donors (Lipinski definition) is 2. The zero-order valence-corrected chi connectivity index (χ0v) is 12.0. The van der Waals surface area contributed by atoms with Crippen molar-refractivity contribution in [3.05, 3.63) is 46.8 Å². The van der Waals surface area contributed by atoms with Gasteiger partial charge >= 0.3 is 0 Å². The average molecular weight is 270 g/mol. The third-order valence-electron chi connectivity index (χ3n) is 5.95. The Bertz CT molecular complexity index is 578. The van der Waals surface area contributed by atoms with Gasteiger partial charge in [0.15, 0.2) is 0 Å². The van der Waals surface area contributed by atoms with E-state index in [4.69, 9.17) is 0 Å². The van der Waals surface area contributed by atoms with E-state index in [1.54, 1.807) is 0 Å². The van der Waals surface area contributed by atoms with E-state index in [1.807, 2.05) is 6.08 Å². The highest BCUT2D eigenvalue weighted by Crippen LogP contribution is 2.57. The molecule has 2 heteroatoms. The van der Waals surface area contributed by atoms with E-state index >= 15 is 0 Å². The minimum Gasteiger partial charge on any atom is -0.511 e. The summed E-state index contributed by atoms with van der Waals surface area (Å²) in [6, 6.07) is 0. The van der Waals surface area contributed by atoms with Gasteiger partial charge in [-0.25, -0.2) is 0 Å². The van der Waals surface area contributed by atoms with Crippen molar-refractivity contribution >= 4 is 0 Å². The van der Waals surface area contributed by atoms with Crippen molar-refractivity contribution in [1.29, 1.82) is 0 Å². The summed E-state index contributed by atoms with van der Waals surface area (Å²) in [4.78, 5) is 0. The number of hydrogen-bond acceptors (Lipinski definition) is 2. The molecule has 0 radical (unpaired) electrons. The van der Waals surface area contributed by atoms with E-state index in [9.17, 15) is 10.2 Å². The smallest absolute Gasteiger partial charge is 0.102 e.